The van der Waals surface area contributed by atoms with Gasteiger partial charge in [-0.3, -0.25) is 18.8 Å². The van der Waals surface area contributed by atoms with E-state index in [-0.39, 0.29) is 48.4 Å². The van der Waals surface area contributed by atoms with E-state index in [4.69, 9.17) is 15.1 Å². The first-order valence-corrected chi connectivity index (χ1v) is 0.775. The fraction of sp³-hybridized carbons (Fsp3) is 0. The van der Waals surface area contributed by atoms with Crippen molar-refractivity contribution in [3.8, 4) is 0 Å². The fourth-order valence-corrected chi connectivity index (χ4v) is 0. The van der Waals surface area contributed by atoms with Crippen molar-refractivity contribution in [3.63, 3.8) is 0 Å². The van der Waals surface area contributed by atoms with Crippen LogP contribution < -0.4 is 0 Å². The summed E-state index contributed by atoms with van der Waals surface area (Å²) >= 11 is 0. The molecule has 9 heteroatoms. The van der Waals surface area contributed by atoms with Gasteiger partial charge in [-0.05, 0) is 0 Å². The van der Waals surface area contributed by atoms with Gasteiger partial charge in [0.1, 0.15) is 0 Å². The molecule has 0 unspecified atom stereocenters. The monoisotopic (exact) mass is 166 g/mol. The van der Waals surface area contributed by atoms with E-state index in [1.807, 2.05) is 0 Å². The van der Waals surface area contributed by atoms with Crippen LogP contribution in [0.2, 0.25) is 0 Å². The van der Waals surface area contributed by atoms with Crippen molar-refractivity contribution in [1.29, 1.82) is 0 Å². The van der Waals surface area contributed by atoms with Gasteiger partial charge < -0.3 is 15.1 Å². The third-order valence-corrected chi connectivity index (χ3v) is 0. The standard InChI is InChI=1S/BH3O3.4FH.Na.H/c2-1(3)4;;;;;;/h2-4H;4*1H;;. The van der Waals surface area contributed by atoms with Crippen LogP contribution in [0, 0.1) is 0 Å². The Bertz CT molecular complexity index is 20.5. The summed E-state index contributed by atoms with van der Waals surface area (Å²) in [6.45, 7) is 0. The molecule has 0 saturated heterocycles. The summed E-state index contributed by atoms with van der Waals surface area (Å²) in [6, 6.07) is 0. The van der Waals surface area contributed by atoms with E-state index in [2.05, 4.69) is 0 Å². The molecule has 0 atom stereocenters. The average Bonchev–Trinajstić information content (AvgIpc) is 0.811. The van der Waals surface area contributed by atoms with Gasteiger partial charge in [0.05, 0.1) is 0 Å². The SMILES string of the molecule is F.F.F.F.OB(O)O.[NaH]. The number of rotatable bonds is 0. The van der Waals surface area contributed by atoms with Crippen LogP contribution in [0.1, 0.15) is 0 Å². The van der Waals surface area contributed by atoms with Gasteiger partial charge >= 0.3 is 36.9 Å². The molecule has 0 bridgehead atoms. The van der Waals surface area contributed by atoms with Crippen LogP contribution in [0.25, 0.3) is 0 Å². The molecule has 0 aliphatic rings. The molecule has 0 aromatic carbocycles. The second kappa shape index (κ2) is 37.9. The molecule has 0 aliphatic carbocycles. The Kier molecular flexibility index (Phi) is 228. The fourth-order valence-electron chi connectivity index (χ4n) is 0. The van der Waals surface area contributed by atoms with E-state index >= 15 is 0 Å². The molecule has 0 saturated carbocycles. The van der Waals surface area contributed by atoms with Gasteiger partial charge in [0.15, 0.2) is 0 Å². The third-order valence-electron chi connectivity index (χ3n) is 0. The minimum absolute atomic E-state index is 0. The van der Waals surface area contributed by atoms with Crippen molar-refractivity contribution >= 4 is 36.9 Å². The van der Waals surface area contributed by atoms with E-state index < -0.39 is 7.32 Å². The molecule has 0 amide bonds. The average molecular weight is 166 g/mol. The summed E-state index contributed by atoms with van der Waals surface area (Å²) < 4.78 is 0. The summed E-state index contributed by atoms with van der Waals surface area (Å²) in [5, 5.41) is 21.5. The minimum atomic E-state index is -2.17. The van der Waals surface area contributed by atoms with Gasteiger partial charge in [-0.25, -0.2) is 0 Å². The van der Waals surface area contributed by atoms with E-state index in [1.165, 1.54) is 0 Å². The van der Waals surface area contributed by atoms with Gasteiger partial charge in [0.2, 0.25) is 0 Å². The molecule has 3 N–H and O–H groups in total. The first-order chi connectivity index (χ1) is 1.73. The first kappa shape index (κ1) is 54.0. The zero-order valence-electron chi connectivity index (χ0n) is 3.55. The molecule has 0 rings (SSSR count). The molecule has 0 heterocycles. The second-order valence-corrected chi connectivity index (χ2v) is 0.346. The molecule has 0 spiro atoms. The van der Waals surface area contributed by atoms with E-state index in [1.54, 1.807) is 0 Å². The van der Waals surface area contributed by atoms with Crippen LogP contribution in [-0.2, 0) is 0 Å². The molecular weight excluding hydrogens is 158 g/mol. The van der Waals surface area contributed by atoms with Crippen LogP contribution in [0.3, 0.4) is 0 Å². The first-order valence-electron chi connectivity index (χ1n) is 0.775. The maximum absolute atomic E-state index is 7.17. The quantitative estimate of drug-likeness (QED) is 0.285. The maximum atomic E-state index is 7.17. The predicted molar refractivity (Wildman–Crippen MR) is 29.6 cm³/mol. The Morgan fingerprint density at radius 1 is 0.667 bits per heavy atom. The van der Waals surface area contributed by atoms with Crippen molar-refractivity contribution < 1.29 is 33.9 Å². The zero-order valence-corrected chi connectivity index (χ0v) is 3.55. The summed E-state index contributed by atoms with van der Waals surface area (Å²) in [4.78, 5) is 0. The predicted octanol–water partition coefficient (Wildman–Crippen LogP) is -2.09. The van der Waals surface area contributed by atoms with Gasteiger partial charge in [0.25, 0.3) is 0 Å². The van der Waals surface area contributed by atoms with Crippen LogP contribution in [0.15, 0.2) is 0 Å². The molecule has 0 aromatic rings. The van der Waals surface area contributed by atoms with E-state index in [0.29, 0.717) is 0 Å². The third kappa shape index (κ3) is 871. The Hall–Kier alpha value is 0.665. The van der Waals surface area contributed by atoms with Gasteiger partial charge in [-0.2, -0.15) is 0 Å². The molecule has 0 aliphatic heterocycles. The van der Waals surface area contributed by atoms with Gasteiger partial charge in [-0.1, -0.05) is 0 Å². The van der Waals surface area contributed by atoms with E-state index in [9.17, 15) is 0 Å². The van der Waals surface area contributed by atoms with Crippen molar-refractivity contribution in [2.45, 2.75) is 0 Å². The van der Waals surface area contributed by atoms with Crippen molar-refractivity contribution in [1.82, 2.24) is 0 Å². The van der Waals surface area contributed by atoms with Crippen LogP contribution >= 0.6 is 0 Å². The summed E-state index contributed by atoms with van der Waals surface area (Å²) in [5.74, 6) is 0. The second-order valence-electron chi connectivity index (χ2n) is 0.346. The summed E-state index contributed by atoms with van der Waals surface area (Å²) in [7, 11) is -2.17. The Morgan fingerprint density at radius 2 is 0.667 bits per heavy atom. The molecule has 9 heavy (non-hydrogen) atoms. The van der Waals surface area contributed by atoms with Gasteiger partial charge in [-0.15, -0.1) is 0 Å². The van der Waals surface area contributed by atoms with Crippen molar-refractivity contribution in [2.75, 3.05) is 0 Å². The number of halogens is 4. The molecule has 3 nitrogen and oxygen atoms in total. The number of hydrogen-bond acceptors (Lipinski definition) is 3. The number of hydrogen-bond donors (Lipinski definition) is 3. The van der Waals surface area contributed by atoms with Crippen molar-refractivity contribution in [3.05, 3.63) is 0 Å². The van der Waals surface area contributed by atoms with Crippen LogP contribution in [0.4, 0.5) is 18.8 Å². The van der Waals surface area contributed by atoms with Crippen LogP contribution in [0.5, 0.6) is 0 Å². The Balaban J connectivity index is -0.00000000450. The van der Waals surface area contributed by atoms with E-state index in [0.717, 1.165) is 0 Å². The zero-order chi connectivity index (χ0) is 3.58. The molecular formula is H8BF4NaO3. The van der Waals surface area contributed by atoms with Gasteiger partial charge in [0, 0.05) is 0 Å². The summed E-state index contributed by atoms with van der Waals surface area (Å²) in [5.41, 5.74) is 0. The molecule has 0 aromatic heterocycles. The molecule has 0 radical (unpaired) electrons. The van der Waals surface area contributed by atoms with Crippen LogP contribution in [-0.4, -0.2) is 52.0 Å². The summed E-state index contributed by atoms with van der Waals surface area (Å²) in [6.07, 6.45) is 0. The normalized spacial score (nSPS) is 3.00. The molecule has 58 valence electrons. The Morgan fingerprint density at radius 3 is 0.667 bits per heavy atom. The molecule has 0 fully saturated rings. The van der Waals surface area contributed by atoms with Crippen molar-refractivity contribution in [2.24, 2.45) is 0 Å². The topological polar surface area (TPSA) is 60.7 Å². The Labute approximate surface area is 71.0 Å².